The second kappa shape index (κ2) is 8.01. The minimum atomic E-state index is -0.515. The van der Waals surface area contributed by atoms with Crippen LogP contribution in [0.3, 0.4) is 0 Å². The van der Waals surface area contributed by atoms with Gasteiger partial charge in [0.2, 0.25) is 0 Å². The average Bonchev–Trinajstić information content (AvgIpc) is 2.63. The van der Waals surface area contributed by atoms with E-state index >= 15 is 0 Å². The highest BCUT2D eigenvalue weighted by molar-refractivity contribution is 6.34. The van der Waals surface area contributed by atoms with Crippen LogP contribution < -0.4 is 15.5 Å². The minimum absolute atomic E-state index is 0.0247. The molecule has 0 spiro atoms. The van der Waals surface area contributed by atoms with Gasteiger partial charge in [0, 0.05) is 18.8 Å². The molecule has 1 amide bonds. The Bertz CT molecular complexity index is 809. The van der Waals surface area contributed by atoms with E-state index in [9.17, 15) is 13.6 Å². The molecule has 138 valence electrons. The number of nitrogens with zero attached hydrogens (tertiary/aromatic N) is 1. The Morgan fingerprint density at radius 2 is 1.92 bits per heavy atom. The van der Waals surface area contributed by atoms with Gasteiger partial charge in [0.1, 0.15) is 11.6 Å². The van der Waals surface area contributed by atoms with Gasteiger partial charge < -0.3 is 15.5 Å². The number of rotatable bonds is 4. The molecule has 0 radical (unpaired) electrons. The summed E-state index contributed by atoms with van der Waals surface area (Å²) >= 11 is 5.92. The van der Waals surface area contributed by atoms with Gasteiger partial charge in [-0.1, -0.05) is 11.6 Å². The van der Waals surface area contributed by atoms with Crippen LogP contribution in [0.4, 0.5) is 20.2 Å². The van der Waals surface area contributed by atoms with Gasteiger partial charge in [0.05, 0.1) is 16.3 Å². The molecule has 0 bridgehead atoms. The van der Waals surface area contributed by atoms with Crippen molar-refractivity contribution in [3.63, 3.8) is 0 Å². The number of carbonyl (C=O) groups is 1. The summed E-state index contributed by atoms with van der Waals surface area (Å²) in [4.78, 5) is 14.3. The van der Waals surface area contributed by atoms with Gasteiger partial charge in [-0.15, -0.1) is 0 Å². The molecule has 2 aromatic carbocycles. The molecule has 0 atom stereocenters. The molecule has 4 nitrogen and oxygen atoms in total. The van der Waals surface area contributed by atoms with Crippen molar-refractivity contribution < 1.29 is 13.6 Å². The second-order valence-corrected chi connectivity index (χ2v) is 6.74. The lowest BCUT2D eigenvalue weighted by atomic mass is 10.0. The number of carbonyl (C=O) groups excluding carboxylic acids is 1. The quantitative estimate of drug-likeness (QED) is 0.842. The Labute approximate surface area is 156 Å². The van der Waals surface area contributed by atoms with Gasteiger partial charge in [-0.25, -0.2) is 8.78 Å². The number of hydrogen-bond acceptors (Lipinski definition) is 3. The summed E-state index contributed by atoms with van der Waals surface area (Å²) in [6, 6.07) is 8.23. The zero-order valence-corrected chi connectivity index (χ0v) is 15.1. The van der Waals surface area contributed by atoms with Crippen molar-refractivity contribution in [1.29, 1.82) is 0 Å². The third kappa shape index (κ3) is 4.14. The fourth-order valence-corrected chi connectivity index (χ4v) is 3.38. The fraction of sp³-hybridized carbons (Fsp3) is 0.316. The maximum atomic E-state index is 14.3. The maximum absolute atomic E-state index is 14.3. The normalized spacial score (nSPS) is 14.9. The standard InChI is InChI=1S/C19H20ClF2N3O/c1-25(14-6-8-23-9-7-14)18-11-13(3-5-17(18)22)24-19(26)15-4-2-12(21)10-16(15)20/h2-5,10-11,14,23H,6-9H2,1H3,(H,24,26). The molecule has 1 fully saturated rings. The summed E-state index contributed by atoms with van der Waals surface area (Å²) in [6.45, 7) is 1.80. The topological polar surface area (TPSA) is 44.4 Å². The number of benzene rings is 2. The summed E-state index contributed by atoms with van der Waals surface area (Å²) in [5, 5.41) is 6.00. The van der Waals surface area contributed by atoms with Crippen molar-refractivity contribution >= 4 is 28.9 Å². The molecule has 26 heavy (non-hydrogen) atoms. The molecule has 2 aromatic rings. The highest BCUT2D eigenvalue weighted by atomic mass is 35.5. The Balaban J connectivity index is 1.79. The maximum Gasteiger partial charge on any atom is 0.257 e. The van der Waals surface area contributed by atoms with E-state index in [0.717, 1.165) is 32.0 Å². The predicted octanol–water partition coefficient (Wildman–Crippen LogP) is 4.06. The van der Waals surface area contributed by atoms with Crippen molar-refractivity contribution in [1.82, 2.24) is 5.32 Å². The highest BCUT2D eigenvalue weighted by Crippen LogP contribution is 2.27. The summed E-state index contributed by atoms with van der Waals surface area (Å²) < 4.78 is 27.4. The van der Waals surface area contributed by atoms with Crippen molar-refractivity contribution in [3.05, 3.63) is 58.6 Å². The number of anilines is 2. The zero-order chi connectivity index (χ0) is 18.7. The summed E-state index contributed by atoms with van der Waals surface area (Å²) in [7, 11) is 1.86. The summed E-state index contributed by atoms with van der Waals surface area (Å²) in [5.41, 5.74) is 1.04. The molecule has 1 saturated heterocycles. The zero-order valence-electron chi connectivity index (χ0n) is 14.4. The lowest BCUT2D eigenvalue weighted by Gasteiger charge is -2.33. The van der Waals surface area contributed by atoms with Gasteiger partial charge >= 0.3 is 0 Å². The van der Waals surface area contributed by atoms with Crippen LogP contribution in [-0.2, 0) is 0 Å². The van der Waals surface area contributed by atoms with Crippen LogP contribution in [0.25, 0.3) is 0 Å². The van der Waals surface area contributed by atoms with E-state index in [2.05, 4.69) is 10.6 Å². The third-order valence-electron chi connectivity index (χ3n) is 4.62. The van der Waals surface area contributed by atoms with Crippen LogP contribution in [0.15, 0.2) is 36.4 Å². The number of nitrogens with one attached hydrogen (secondary N) is 2. The highest BCUT2D eigenvalue weighted by Gasteiger charge is 2.21. The largest absolute Gasteiger partial charge is 0.369 e. The number of halogens is 3. The van der Waals surface area contributed by atoms with Gasteiger partial charge in [0.25, 0.3) is 5.91 Å². The lowest BCUT2D eigenvalue weighted by Crippen LogP contribution is -2.41. The number of hydrogen-bond donors (Lipinski definition) is 2. The average molecular weight is 380 g/mol. The molecule has 1 aliphatic heterocycles. The SMILES string of the molecule is CN(c1cc(NC(=O)c2ccc(F)cc2Cl)ccc1F)C1CCNCC1. The fourth-order valence-electron chi connectivity index (χ4n) is 3.12. The Kier molecular flexibility index (Phi) is 5.74. The van der Waals surface area contributed by atoms with Crippen molar-refractivity contribution in [2.45, 2.75) is 18.9 Å². The number of amides is 1. The molecule has 0 aromatic heterocycles. The monoisotopic (exact) mass is 379 g/mol. The van der Waals surface area contributed by atoms with E-state index in [1.54, 1.807) is 6.07 Å². The van der Waals surface area contributed by atoms with Gasteiger partial charge in [-0.2, -0.15) is 0 Å². The third-order valence-corrected chi connectivity index (χ3v) is 4.93. The van der Waals surface area contributed by atoms with E-state index in [1.165, 1.54) is 24.3 Å². The van der Waals surface area contributed by atoms with Crippen molar-refractivity contribution in [2.75, 3.05) is 30.4 Å². The van der Waals surface area contributed by atoms with Gasteiger partial charge in [-0.3, -0.25) is 4.79 Å². The van der Waals surface area contributed by atoms with E-state index in [0.29, 0.717) is 11.4 Å². The summed E-state index contributed by atoms with van der Waals surface area (Å²) in [6.07, 6.45) is 1.86. The van der Waals surface area contributed by atoms with Crippen LogP contribution in [0.2, 0.25) is 5.02 Å². The van der Waals surface area contributed by atoms with Crippen LogP contribution in [-0.4, -0.2) is 32.1 Å². The lowest BCUT2D eigenvalue weighted by molar-refractivity contribution is 0.102. The second-order valence-electron chi connectivity index (χ2n) is 6.34. The molecular formula is C19H20ClF2N3O. The van der Waals surface area contributed by atoms with Crippen molar-refractivity contribution in [2.24, 2.45) is 0 Å². The van der Waals surface area contributed by atoms with E-state index in [4.69, 9.17) is 11.6 Å². The number of piperidine rings is 1. The van der Waals surface area contributed by atoms with Crippen LogP contribution in [0, 0.1) is 11.6 Å². The molecular weight excluding hydrogens is 360 g/mol. The molecule has 2 N–H and O–H groups in total. The first-order valence-corrected chi connectivity index (χ1v) is 8.83. The van der Waals surface area contributed by atoms with Crippen LogP contribution in [0.1, 0.15) is 23.2 Å². The summed E-state index contributed by atoms with van der Waals surface area (Å²) in [5.74, 6) is -1.33. The van der Waals surface area contributed by atoms with Crippen LogP contribution in [0.5, 0.6) is 0 Å². The van der Waals surface area contributed by atoms with E-state index in [1.807, 2.05) is 11.9 Å². The molecule has 1 heterocycles. The van der Waals surface area contributed by atoms with Gasteiger partial charge in [0.15, 0.2) is 0 Å². The molecule has 0 unspecified atom stereocenters. The molecule has 7 heteroatoms. The molecule has 3 rings (SSSR count). The molecule has 0 aliphatic carbocycles. The van der Waals surface area contributed by atoms with E-state index in [-0.39, 0.29) is 22.4 Å². The van der Waals surface area contributed by atoms with Crippen molar-refractivity contribution in [3.8, 4) is 0 Å². The Morgan fingerprint density at radius 1 is 1.19 bits per heavy atom. The molecule has 0 saturated carbocycles. The van der Waals surface area contributed by atoms with Gasteiger partial charge in [-0.05, 0) is 62.3 Å². The Hall–Kier alpha value is -2.18. The van der Waals surface area contributed by atoms with Crippen LogP contribution >= 0.6 is 11.6 Å². The first kappa shape index (κ1) is 18.6. The first-order chi connectivity index (χ1) is 12.5. The van der Waals surface area contributed by atoms with E-state index < -0.39 is 11.7 Å². The predicted molar refractivity (Wildman–Crippen MR) is 100 cm³/mol. The molecule has 1 aliphatic rings. The minimum Gasteiger partial charge on any atom is -0.369 e. The first-order valence-electron chi connectivity index (χ1n) is 8.45. The smallest absolute Gasteiger partial charge is 0.257 e. The Morgan fingerprint density at radius 3 is 2.62 bits per heavy atom.